The van der Waals surface area contributed by atoms with Gasteiger partial charge in [-0.2, -0.15) is 0 Å². The Morgan fingerprint density at radius 1 is 1.31 bits per heavy atom. The monoisotopic (exact) mass is 538 g/mol. The maximum atomic E-state index is 13.6. The van der Waals surface area contributed by atoms with E-state index in [2.05, 4.69) is 20.6 Å². The second-order valence-electron chi connectivity index (χ2n) is 7.82. The summed E-state index contributed by atoms with van der Waals surface area (Å²) in [7, 11) is 1.63. The maximum Gasteiger partial charge on any atom is 0.255 e. The van der Waals surface area contributed by atoms with Crippen molar-refractivity contribution >= 4 is 52.8 Å². The van der Waals surface area contributed by atoms with Gasteiger partial charge in [-0.15, -0.1) is 3.89 Å². The number of rotatable bonds is 7. The van der Waals surface area contributed by atoms with Crippen LogP contribution < -0.4 is 10.6 Å². The molecule has 4 N–H and O–H groups in total. The quantitative estimate of drug-likeness (QED) is 0.210. The van der Waals surface area contributed by atoms with Crippen molar-refractivity contribution < 1.29 is 17.6 Å². The van der Waals surface area contributed by atoms with E-state index in [4.69, 9.17) is 9.96 Å². The van der Waals surface area contributed by atoms with E-state index in [-0.39, 0.29) is 52.4 Å². The normalized spacial score (nSPS) is 13.4. The summed E-state index contributed by atoms with van der Waals surface area (Å²) in [5.41, 5.74) is 1.66. The zero-order valence-electron chi connectivity index (χ0n) is 20.9. The molecule has 2 aromatic heterocycles. The summed E-state index contributed by atoms with van der Waals surface area (Å²) >= 11 is 0.675. The highest BCUT2D eigenvalue weighted by Gasteiger charge is 2.27. The van der Waals surface area contributed by atoms with E-state index in [1.165, 1.54) is 30.6 Å². The SMILES string of the molecule is CC.CNc1cc(F)ccc1C(=N)c1cnc2c(n1)c(C(=O)NC(C)C1CCC1)cn2SF.CSO. The van der Waals surface area contributed by atoms with Crippen molar-refractivity contribution in [3.63, 3.8) is 0 Å². The molecule has 1 saturated carbocycles. The fourth-order valence-corrected chi connectivity index (χ4v) is 4.07. The highest BCUT2D eigenvalue weighted by atomic mass is 32.2. The second-order valence-corrected chi connectivity index (χ2v) is 8.71. The molecule has 12 heteroatoms. The minimum absolute atomic E-state index is 0.00419. The molecule has 1 fully saturated rings. The number of halogens is 2. The van der Waals surface area contributed by atoms with Gasteiger partial charge in [0, 0.05) is 36.8 Å². The lowest BCUT2D eigenvalue weighted by Crippen LogP contribution is -2.40. The van der Waals surface area contributed by atoms with Crippen molar-refractivity contribution in [3.05, 3.63) is 53.2 Å². The highest BCUT2D eigenvalue weighted by Crippen LogP contribution is 2.30. The second kappa shape index (κ2) is 14.1. The lowest BCUT2D eigenvalue weighted by Gasteiger charge is -2.31. The molecule has 8 nitrogen and oxygen atoms in total. The van der Waals surface area contributed by atoms with Gasteiger partial charge in [0.2, 0.25) is 0 Å². The lowest BCUT2D eigenvalue weighted by molar-refractivity contribution is 0.0910. The molecule has 0 spiro atoms. The Morgan fingerprint density at radius 2 is 1.97 bits per heavy atom. The van der Waals surface area contributed by atoms with Gasteiger partial charge >= 0.3 is 0 Å². The first-order chi connectivity index (χ1) is 17.3. The van der Waals surface area contributed by atoms with Crippen LogP contribution in [0.3, 0.4) is 0 Å². The summed E-state index contributed by atoms with van der Waals surface area (Å²) in [5.74, 6) is -0.340. The molecule has 0 bridgehead atoms. The van der Waals surface area contributed by atoms with Crippen LogP contribution in [-0.2, 0) is 0 Å². The van der Waals surface area contributed by atoms with Crippen LogP contribution in [-0.4, -0.2) is 49.5 Å². The van der Waals surface area contributed by atoms with Crippen LogP contribution in [0.5, 0.6) is 0 Å². The van der Waals surface area contributed by atoms with E-state index in [0.29, 0.717) is 17.2 Å². The number of carbonyl (C=O) groups excluding carboxylic acids is 1. The Morgan fingerprint density at radius 3 is 2.53 bits per heavy atom. The molecule has 1 atom stereocenters. The molecule has 1 aliphatic carbocycles. The number of aromatic nitrogens is 3. The number of nitrogens with zero attached hydrogens (tertiary/aromatic N) is 3. The van der Waals surface area contributed by atoms with Gasteiger partial charge in [-0.25, -0.2) is 18.3 Å². The van der Waals surface area contributed by atoms with Crippen LogP contribution in [0.15, 0.2) is 30.6 Å². The van der Waals surface area contributed by atoms with Crippen LogP contribution in [0, 0.1) is 17.1 Å². The number of benzene rings is 1. The Bertz CT molecular complexity index is 1190. The van der Waals surface area contributed by atoms with Crippen molar-refractivity contribution in [2.75, 3.05) is 18.6 Å². The number of fused-ring (bicyclic) bond motifs is 1. The summed E-state index contributed by atoms with van der Waals surface area (Å²) in [4.78, 5) is 21.6. The molecular weight excluding hydrogens is 506 g/mol. The average Bonchev–Trinajstić information content (AvgIpc) is 3.22. The largest absolute Gasteiger partial charge is 0.387 e. The van der Waals surface area contributed by atoms with Gasteiger partial charge in [-0.1, -0.05) is 20.3 Å². The van der Waals surface area contributed by atoms with E-state index < -0.39 is 5.82 Å². The molecule has 1 unspecified atom stereocenters. The summed E-state index contributed by atoms with van der Waals surface area (Å²) < 4.78 is 35.6. The molecule has 1 aromatic carbocycles. The van der Waals surface area contributed by atoms with Gasteiger partial charge in [0.25, 0.3) is 5.91 Å². The number of hydrogen-bond acceptors (Lipinski definition) is 8. The van der Waals surface area contributed by atoms with Gasteiger partial charge in [0.05, 0.1) is 17.5 Å². The highest BCUT2D eigenvalue weighted by molar-refractivity contribution is 7.93. The lowest BCUT2D eigenvalue weighted by atomic mass is 9.80. The Hall–Kier alpha value is -2.70. The van der Waals surface area contributed by atoms with Crippen molar-refractivity contribution in [1.29, 1.82) is 5.41 Å². The predicted molar refractivity (Wildman–Crippen MR) is 145 cm³/mol. The van der Waals surface area contributed by atoms with Gasteiger partial charge in [0.1, 0.15) is 17.0 Å². The molecule has 1 aliphatic rings. The third kappa shape index (κ3) is 6.74. The Labute approximate surface area is 218 Å². The van der Waals surface area contributed by atoms with Gasteiger partial charge in [0.15, 0.2) is 18.0 Å². The molecule has 3 aromatic rings. The Kier molecular flexibility index (Phi) is 11.6. The van der Waals surface area contributed by atoms with Crippen LogP contribution in [0.25, 0.3) is 11.2 Å². The molecular formula is C24H32F2N6O2S2. The van der Waals surface area contributed by atoms with Crippen molar-refractivity contribution in [2.45, 2.75) is 46.1 Å². The number of hydrogen-bond donors (Lipinski definition) is 4. The van der Waals surface area contributed by atoms with E-state index in [1.807, 2.05) is 20.8 Å². The van der Waals surface area contributed by atoms with Crippen molar-refractivity contribution in [3.8, 4) is 0 Å². The number of carbonyl (C=O) groups is 1. The first-order valence-electron chi connectivity index (χ1n) is 11.6. The summed E-state index contributed by atoms with van der Waals surface area (Å²) in [6.45, 7) is 5.96. The number of amides is 1. The molecule has 0 saturated heterocycles. The minimum atomic E-state index is -0.431. The van der Waals surface area contributed by atoms with Gasteiger partial charge < -0.3 is 15.2 Å². The molecule has 1 amide bonds. The fraction of sp³-hybridized carbons (Fsp3) is 0.417. The third-order valence-electron chi connectivity index (χ3n) is 5.77. The first-order valence-corrected chi connectivity index (χ1v) is 13.4. The van der Waals surface area contributed by atoms with E-state index >= 15 is 0 Å². The van der Waals surface area contributed by atoms with E-state index in [1.54, 1.807) is 13.3 Å². The van der Waals surface area contributed by atoms with Gasteiger partial charge in [-0.3, -0.25) is 10.2 Å². The molecule has 196 valence electrons. The van der Waals surface area contributed by atoms with E-state index in [9.17, 15) is 13.1 Å². The fourth-order valence-electron chi connectivity index (χ4n) is 3.72. The average molecular weight is 539 g/mol. The van der Waals surface area contributed by atoms with Gasteiger partial charge in [-0.05, 0) is 55.9 Å². The van der Waals surface area contributed by atoms with E-state index in [0.717, 1.165) is 35.3 Å². The Balaban J connectivity index is 0.000000850. The standard InChI is InChI=1S/C21H22F2N6OS.C2H6.CH4OS/c1-11(12-4-3-5-12)27-21(30)15-10-29(31-23)20-19(15)28-17(9-26-20)18(24)14-7-6-13(22)8-16(14)25-2;1-2;1-3-2/h6-12,24-25H,3-5H2,1-2H3,(H,27,30);1-2H3;2H,1H3. The topological polar surface area (TPSA) is 116 Å². The summed E-state index contributed by atoms with van der Waals surface area (Å²) in [6, 6.07) is 4.02. The predicted octanol–water partition coefficient (Wildman–Crippen LogP) is 6.18. The number of anilines is 1. The smallest absolute Gasteiger partial charge is 0.255 e. The zero-order chi connectivity index (χ0) is 26.8. The first kappa shape index (κ1) is 29.5. The maximum absolute atomic E-state index is 13.6. The zero-order valence-corrected chi connectivity index (χ0v) is 22.6. The van der Waals surface area contributed by atoms with Crippen molar-refractivity contribution in [1.82, 2.24) is 19.3 Å². The molecule has 0 radical (unpaired) electrons. The third-order valence-corrected chi connectivity index (χ3v) is 6.20. The van der Waals surface area contributed by atoms with Crippen LogP contribution >= 0.6 is 24.4 Å². The minimum Gasteiger partial charge on any atom is -0.387 e. The molecule has 2 heterocycles. The molecule has 0 aliphatic heterocycles. The van der Waals surface area contributed by atoms with Crippen LogP contribution in [0.1, 0.15) is 61.6 Å². The van der Waals surface area contributed by atoms with Crippen LogP contribution in [0.2, 0.25) is 0 Å². The summed E-state index contributed by atoms with van der Waals surface area (Å²) in [5, 5.41) is 14.4. The summed E-state index contributed by atoms with van der Waals surface area (Å²) in [6.07, 6.45) is 7.63. The van der Waals surface area contributed by atoms with Crippen molar-refractivity contribution in [2.24, 2.45) is 5.92 Å². The molecule has 4 rings (SSSR count). The molecule has 36 heavy (non-hydrogen) atoms. The number of nitrogens with one attached hydrogen (secondary N) is 3. The van der Waals surface area contributed by atoms with Crippen LogP contribution in [0.4, 0.5) is 14.0 Å².